The van der Waals surface area contributed by atoms with Crippen LogP contribution in [0.25, 0.3) is 0 Å². The van der Waals surface area contributed by atoms with E-state index in [9.17, 15) is 4.79 Å². The molecule has 1 saturated heterocycles. The third-order valence-corrected chi connectivity index (χ3v) is 5.74. The number of carbonyl (C=O) groups excluding carboxylic acids is 1. The van der Waals surface area contributed by atoms with Gasteiger partial charge in [-0.05, 0) is 30.7 Å². The number of benzene rings is 1. The second-order valence-corrected chi connectivity index (χ2v) is 7.86. The summed E-state index contributed by atoms with van der Waals surface area (Å²) in [5.41, 5.74) is 1.80. The van der Waals surface area contributed by atoms with Gasteiger partial charge in [0, 0.05) is 44.7 Å². The topological polar surface area (TPSA) is 49.6 Å². The molecule has 4 rings (SSSR count). The van der Waals surface area contributed by atoms with Crippen molar-refractivity contribution in [1.82, 2.24) is 15.0 Å². The zero-order valence-electron chi connectivity index (χ0n) is 15.6. The van der Waals surface area contributed by atoms with Crippen molar-refractivity contribution in [1.29, 1.82) is 0 Å². The van der Waals surface area contributed by atoms with Gasteiger partial charge in [0.15, 0.2) is 5.69 Å². The van der Waals surface area contributed by atoms with E-state index in [1.807, 2.05) is 18.0 Å². The SMILES string of the molecule is CC1CN(Cc2ccccc2)CCC1N(C)C(=O)c1cc(C2CC2)on1. The van der Waals surface area contributed by atoms with Crippen LogP contribution >= 0.6 is 0 Å². The van der Waals surface area contributed by atoms with Crippen LogP contribution in [0.5, 0.6) is 0 Å². The first-order chi connectivity index (χ1) is 12.6. The molecule has 2 atom stereocenters. The van der Waals surface area contributed by atoms with Crippen LogP contribution in [0.15, 0.2) is 40.9 Å². The van der Waals surface area contributed by atoms with Gasteiger partial charge in [0.25, 0.3) is 5.91 Å². The third kappa shape index (κ3) is 3.68. The molecule has 2 aromatic rings. The summed E-state index contributed by atoms with van der Waals surface area (Å²) in [6, 6.07) is 12.7. The van der Waals surface area contributed by atoms with Crippen molar-refractivity contribution in [3.8, 4) is 0 Å². The van der Waals surface area contributed by atoms with Crippen LogP contribution in [0.4, 0.5) is 0 Å². The number of rotatable bonds is 5. The Morgan fingerprint density at radius 1 is 1.27 bits per heavy atom. The zero-order chi connectivity index (χ0) is 18.1. The van der Waals surface area contributed by atoms with Crippen LogP contribution < -0.4 is 0 Å². The molecular formula is C21H27N3O2. The summed E-state index contributed by atoms with van der Waals surface area (Å²) < 4.78 is 5.35. The Hall–Kier alpha value is -2.14. The van der Waals surface area contributed by atoms with E-state index in [0.717, 1.165) is 44.7 Å². The Balaban J connectivity index is 1.36. The van der Waals surface area contributed by atoms with Crippen LogP contribution in [-0.2, 0) is 6.54 Å². The fraction of sp³-hybridized carbons (Fsp3) is 0.524. The number of hydrogen-bond acceptors (Lipinski definition) is 4. The molecule has 0 N–H and O–H groups in total. The highest BCUT2D eigenvalue weighted by atomic mass is 16.5. The number of carbonyl (C=O) groups is 1. The van der Waals surface area contributed by atoms with Gasteiger partial charge < -0.3 is 9.42 Å². The monoisotopic (exact) mass is 353 g/mol. The minimum atomic E-state index is -0.0194. The van der Waals surface area contributed by atoms with Gasteiger partial charge in [0.2, 0.25) is 0 Å². The van der Waals surface area contributed by atoms with Gasteiger partial charge in [-0.15, -0.1) is 0 Å². The van der Waals surface area contributed by atoms with Crippen molar-refractivity contribution >= 4 is 5.91 Å². The maximum Gasteiger partial charge on any atom is 0.276 e. The minimum Gasteiger partial charge on any atom is -0.360 e. The van der Waals surface area contributed by atoms with Gasteiger partial charge in [-0.1, -0.05) is 42.4 Å². The fourth-order valence-corrected chi connectivity index (χ4v) is 4.06. The summed E-state index contributed by atoms with van der Waals surface area (Å²) in [5, 5.41) is 4.01. The van der Waals surface area contributed by atoms with Gasteiger partial charge in [0.05, 0.1) is 0 Å². The Kier molecular flexibility index (Phi) is 4.81. The predicted molar refractivity (Wildman–Crippen MR) is 99.9 cm³/mol. The Labute approximate surface area is 155 Å². The van der Waals surface area contributed by atoms with Gasteiger partial charge in [-0.25, -0.2) is 0 Å². The van der Waals surface area contributed by atoms with E-state index >= 15 is 0 Å². The summed E-state index contributed by atoms with van der Waals surface area (Å²) in [7, 11) is 1.90. The van der Waals surface area contributed by atoms with Crippen LogP contribution in [0.2, 0.25) is 0 Å². The summed E-state index contributed by atoms with van der Waals surface area (Å²) in [5.74, 6) is 1.76. The lowest BCUT2D eigenvalue weighted by molar-refractivity contribution is 0.0489. The maximum absolute atomic E-state index is 12.8. The minimum absolute atomic E-state index is 0.0194. The standard InChI is InChI=1S/C21H27N3O2/c1-15-13-24(14-16-6-4-3-5-7-16)11-10-19(15)23(2)21(25)18-12-20(26-22-18)17-8-9-17/h3-7,12,15,17,19H,8-11,13-14H2,1-2H3. The molecule has 0 radical (unpaired) electrons. The molecule has 1 amide bonds. The highest BCUT2D eigenvalue weighted by Gasteiger charge is 2.34. The molecule has 1 aliphatic carbocycles. The molecule has 2 aliphatic rings. The van der Waals surface area contributed by atoms with Crippen molar-refractivity contribution in [3.63, 3.8) is 0 Å². The summed E-state index contributed by atoms with van der Waals surface area (Å²) >= 11 is 0. The molecule has 2 fully saturated rings. The number of hydrogen-bond donors (Lipinski definition) is 0. The van der Waals surface area contributed by atoms with Crippen molar-refractivity contribution < 1.29 is 9.32 Å². The molecule has 5 nitrogen and oxygen atoms in total. The summed E-state index contributed by atoms with van der Waals surface area (Å²) in [4.78, 5) is 17.2. The quantitative estimate of drug-likeness (QED) is 0.825. The molecule has 1 saturated carbocycles. The van der Waals surface area contributed by atoms with E-state index in [2.05, 4.69) is 47.3 Å². The summed E-state index contributed by atoms with van der Waals surface area (Å²) in [6.07, 6.45) is 3.29. The van der Waals surface area contributed by atoms with Gasteiger partial charge in [0.1, 0.15) is 5.76 Å². The molecule has 1 aromatic carbocycles. The average Bonchev–Trinajstić information content (AvgIpc) is 3.38. The van der Waals surface area contributed by atoms with Crippen LogP contribution in [0.3, 0.4) is 0 Å². The Morgan fingerprint density at radius 3 is 2.73 bits per heavy atom. The maximum atomic E-state index is 12.8. The Bertz CT molecular complexity index is 754. The first kappa shape index (κ1) is 17.3. The van der Waals surface area contributed by atoms with E-state index in [0.29, 0.717) is 17.5 Å². The number of likely N-dealkylation sites (tertiary alicyclic amines) is 1. The van der Waals surface area contributed by atoms with E-state index in [4.69, 9.17) is 4.52 Å². The number of amides is 1. The highest BCUT2D eigenvalue weighted by molar-refractivity contribution is 5.92. The van der Waals surface area contributed by atoms with Crippen LogP contribution in [0, 0.1) is 5.92 Å². The van der Waals surface area contributed by atoms with Gasteiger partial charge >= 0.3 is 0 Å². The van der Waals surface area contributed by atoms with E-state index < -0.39 is 0 Å². The predicted octanol–water partition coefficient (Wildman–Crippen LogP) is 3.53. The molecule has 0 spiro atoms. The molecule has 1 aromatic heterocycles. The second-order valence-electron chi connectivity index (χ2n) is 7.86. The Morgan fingerprint density at radius 2 is 2.04 bits per heavy atom. The van der Waals surface area contributed by atoms with E-state index in [-0.39, 0.29) is 11.9 Å². The first-order valence-electron chi connectivity index (χ1n) is 9.62. The molecular weight excluding hydrogens is 326 g/mol. The first-order valence-corrected chi connectivity index (χ1v) is 9.62. The molecule has 0 bridgehead atoms. The number of piperidine rings is 1. The molecule has 5 heteroatoms. The molecule has 138 valence electrons. The molecule has 2 heterocycles. The van der Waals surface area contributed by atoms with Crippen molar-refractivity contribution in [3.05, 3.63) is 53.4 Å². The number of nitrogens with zero attached hydrogens (tertiary/aromatic N) is 3. The van der Waals surface area contributed by atoms with Crippen LogP contribution in [0.1, 0.15) is 53.9 Å². The smallest absolute Gasteiger partial charge is 0.276 e. The van der Waals surface area contributed by atoms with Crippen LogP contribution in [-0.4, -0.2) is 47.0 Å². The lowest BCUT2D eigenvalue weighted by Crippen LogP contribution is -2.50. The second kappa shape index (κ2) is 7.23. The molecule has 1 aliphatic heterocycles. The average molecular weight is 353 g/mol. The van der Waals surface area contributed by atoms with Gasteiger partial charge in [-0.3, -0.25) is 9.69 Å². The summed E-state index contributed by atoms with van der Waals surface area (Å²) in [6.45, 7) is 5.23. The zero-order valence-corrected chi connectivity index (χ0v) is 15.6. The van der Waals surface area contributed by atoms with E-state index in [1.54, 1.807) is 0 Å². The number of aromatic nitrogens is 1. The van der Waals surface area contributed by atoms with E-state index in [1.165, 1.54) is 5.56 Å². The van der Waals surface area contributed by atoms with Crippen molar-refractivity contribution in [2.45, 2.75) is 44.7 Å². The highest BCUT2D eigenvalue weighted by Crippen LogP contribution is 2.40. The van der Waals surface area contributed by atoms with Gasteiger partial charge in [-0.2, -0.15) is 0 Å². The molecule has 26 heavy (non-hydrogen) atoms. The lowest BCUT2D eigenvalue weighted by atomic mass is 9.92. The van der Waals surface area contributed by atoms with Crippen molar-refractivity contribution in [2.24, 2.45) is 5.92 Å². The lowest BCUT2D eigenvalue weighted by Gasteiger charge is -2.41. The molecule has 2 unspecified atom stereocenters. The fourth-order valence-electron chi connectivity index (χ4n) is 4.06. The largest absolute Gasteiger partial charge is 0.360 e. The normalized spacial score (nSPS) is 23.8. The third-order valence-electron chi connectivity index (χ3n) is 5.74. The van der Waals surface area contributed by atoms with Crippen molar-refractivity contribution in [2.75, 3.05) is 20.1 Å².